The van der Waals surface area contributed by atoms with Crippen molar-refractivity contribution in [2.45, 2.75) is 31.6 Å². The summed E-state index contributed by atoms with van der Waals surface area (Å²) in [6.07, 6.45) is 3.80. The highest BCUT2D eigenvalue weighted by molar-refractivity contribution is 9.11. The lowest BCUT2D eigenvalue weighted by atomic mass is 9.87. The van der Waals surface area contributed by atoms with Crippen LogP contribution in [0.5, 0.6) is 0 Å². The van der Waals surface area contributed by atoms with Crippen molar-refractivity contribution in [3.8, 4) is 0 Å². The molecule has 3 heteroatoms. The minimum absolute atomic E-state index is 0.431. The maximum absolute atomic E-state index is 11.2. The van der Waals surface area contributed by atoms with Crippen LogP contribution in [0.25, 0.3) is 0 Å². The van der Waals surface area contributed by atoms with Gasteiger partial charge in [-0.2, -0.15) is 0 Å². The third kappa shape index (κ3) is 2.20. The summed E-state index contributed by atoms with van der Waals surface area (Å²) in [6.45, 7) is 0. The molecular weight excluding hydrogens is 248 g/mol. The fourth-order valence-corrected chi connectivity index (χ4v) is 3.37. The molecule has 1 aromatic rings. The second-order valence-corrected chi connectivity index (χ2v) is 5.97. The molecule has 1 atom stereocenters. The van der Waals surface area contributed by atoms with Crippen molar-refractivity contribution < 1.29 is 4.79 Å². The van der Waals surface area contributed by atoms with Crippen molar-refractivity contribution in [2.75, 3.05) is 0 Å². The first-order chi connectivity index (χ1) is 6.25. The summed E-state index contributed by atoms with van der Waals surface area (Å²) >= 11 is 5.21. The molecular formula is C10H11BrOS. The number of carbonyl (C=O) groups is 1. The smallest absolute Gasteiger partial charge is 0.133 e. The van der Waals surface area contributed by atoms with Gasteiger partial charge < -0.3 is 0 Å². The van der Waals surface area contributed by atoms with Crippen LogP contribution in [0.4, 0.5) is 0 Å². The van der Waals surface area contributed by atoms with Crippen LogP contribution in [0.2, 0.25) is 0 Å². The minimum atomic E-state index is 0.431. The van der Waals surface area contributed by atoms with Crippen LogP contribution in [0.15, 0.2) is 15.9 Å². The number of carbonyl (C=O) groups excluding carboxylic acids is 1. The summed E-state index contributed by atoms with van der Waals surface area (Å²) in [4.78, 5) is 12.6. The Hall–Kier alpha value is -0.150. The molecule has 1 aliphatic carbocycles. The van der Waals surface area contributed by atoms with E-state index in [2.05, 4.69) is 28.1 Å². The standard InChI is InChI=1S/C10H11BrOS/c11-10-5-4-9(13-10)7-2-1-3-8(12)6-7/h4-5,7H,1-3,6H2. The highest BCUT2D eigenvalue weighted by Gasteiger charge is 2.21. The summed E-state index contributed by atoms with van der Waals surface area (Å²) in [7, 11) is 0. The molecule has 1 saturated carbocycles. The number of rotatable bonds is 1. The molecule has 2 rings (SSSR count). The first kappa shape index (κ1) is 9.41. The van der Waals surface area contributed by atoms with E-state index in [0.29, 0.717) is 11.7 Å². The molecule has 0 amide bonds. The van der Waals surface area contributed by atoms with Gasteiger partial charge in [-0.05, 0) is 40.9 Å². The molecule has 0 aliphatic heterocycles. The Balaban J connectivity index is 2.12. The SMILES string of the molecule is O=C1CCCC(c2ccc(Br)s2)C1. The highest BCUT2D eigenvalue weighted by atomic mass is 79.9. The topological polar surface area (TPSA) is 17.1 Å². The lowest BCUT2D eigenvalue weighted by Gasteiger charge is -2.18. The Morgan fingerprint density at radius 3 is 2.92 bits per heavy atom. The largest absolute Gasteiger partial charge is 0.300 e. The molecule has 0 aromatic carbocycles. The molecule has 0 saturated heterocycles. The Morgan fingerprint density at radius 1 is 1.46 bits per heavy atom. The Kier molecular flexibility index (Phi) is 2.84. The predicted octanol–water partition coefficient (Wildman–Crippen LogP) is 3.74. The van der Waals surface area contributed by atoms with Crippen molar-refractivity contribution >= 4 is 33.0 Å². The third-order valence-electron chi connectivity index (χ3n) is 2.48. The van der Waals surface area contributed by atoms with Crippen molar-refractivity contribution in [1.82, 2.24) is 0 Å². The highest BCUT2D eigenvalue weighted by Crippen LogP contribution is 2.36. The van der Waals surface area contributed by atoms with Gasteiger partial charge >= 0.3 is 0 Å². The molecule has 70 valence electrons. The lowest BCUT2D eigenvalue weighted by molar-refractivity contribution is -0.120. The van der Waals surface area contributed by atoms with E-state index in [-0.39, 0.29) is 0 Å². The van der Waals surface area contributed by atoms with Gasteiger partial charge in [0.15, 0.2) is 0 Å². The van der Waals surface area contributed by atoms with E-state index in [9.17, 15) is 4.79 Å². The first-order valence-electron chi connectivity index (χ1n) is 4.52. The Labute approximate surface area is 90.3 Å². The molecule has 0 spiro atoms. The Morgan fingerprint density at radius 2 is 2.31 bits per heavy atom. The third-order valence-corrected chi connectivity index (χ3v) is 4.26. The zero-order valence-corrected chi connectivity index (χ0v) is 9.66. The maximum Gasteiger partial charge on any atom is 0.133 e. The maximum atomic E-state index is 11.2. The van der Waals surface area contributed by atoms with Crippen molar-refractivity contribution in [1.29, 1.82) is 0 Å². The number of Topliss-reactive ketones (excluding diaryl/α,β-unsaturated/α-hetero) is 1. The van der Waals surface area contributed by atoms with Crippen LogP contribution in [-0.2, 0) is 4.79 Å². The second-order valence-electron chi connectivity index (χ2n) is 3.47. The monoisotopic (exact) mass is 258 g/mol. The molecule has 1 aromatic heterocycles. The van der Waals surface area contributed by atoms with Gasteiger partial charge in [0.2, 0.25) is 0 Å². The number of hydrogen-bond donors (Lipinski definition) is 0. The molecule has 13 heavy (non-hydrogen) atoms. The predicted molar refractivity (Wildman–Crippen MR) is 58.2 cm³/mol. The van der Waals surface area contributed by atoms with E-state index in [1.54, 1.807) is 11.3 Å². The van der Waals surface area contributed by atoms with Gasteiger partial charge in [0, 0.05) is 23.6 Å². The van der Waals surface area contributed by atoms with E-state index >= 15 is 0 Å². The summed E-state index contributed by atoms with van der Waals surface area (Å²) in [5.41, 5.74) is 0. The van der Waals surface area contributed by atoms with Gasteiger partial charge in [-0.3, -0.25) is 4.79 Å². The van der Waals surface area contributed by atoms with Crippen molar-refractivity contribution in [3.63, 3.8) is 0 Å². The molecule has 1 nitrogen and oxygen atoms in total. The summed E-state index contributed by atoms with van der Waals surface area (Å²) in [5.74, 6) is 0.929. The fraction of sp³-hybridized carbons (Fsp3) is 0.500. The van der Waals surface area contributed by atoms with Gasteiger partial charge in [-0.15, -0.1) is 11.3 Å². The molecule has 0 bridgehead atoms. The van der Waals surface area contributed by atoms with Crippen LogP contribution in [0.3, 0.4) is 0 Å². The van der Waals surface area contributed by atoms with Crippen molar-refractivity contribution in [3.05, 3.63) is 20.8 Å². The number of hydrogen-bond acceptors (Lipinski definition) is 2. The average molecular weight is 259 g/mol. The summed E-state index contributed by atoms with van der Waals surface area (Å²) in [5, 5.41) is 0. The quantitative estimate of drug-likeness (QED) is 0.750. The first-order valence-corrected chi connectivity index (χ1v) is 6.13. The zero-order chi connectivity index (χ0) is 9.26. The van der Waals surface area contributed by atoms with Crippen molar-refractivity contribution in [2.24, 2.45) is 0 Å². The molecule has 1 aliphatic rings. The molecule has 0 N–H and O–H groups in total. The van der Waals surface area contributed by atoms with Gasteiger partial charge in [0.25, 0.3) is 0 Å². The lowest BCUT2D eigenvalue weighted by Crippen LogP contribution is -2.12. The summed E-state index contributed by atoms with van der Waals surface area (Å²) < 4.78 is 1.17. The number of ketones is 1. The molecule has 1 unspecified atom stereocenters. The molecule has 1 fully saturated rings. The van der Waals surface area contributed by atoms with Crippen LogP contribution in [0.1, 0.15) is 36.5 Å². The van der Waals surface area contributed by atoms with Crippen LogP contribution >= 0.6 is 27.3 Å². The molecule has 1 heterocycles. The normalized spacial score (nSPS) is 23.5. The number of thiophene rings is 1. The summed E-state index contributed by atoms with van der Waals surface area (Å²) in [6, 6.07) is 4.21. The van der Waals surface area contributed by atoms with Crippen LogP contribution in [-0.4, -0.2) is 5.78 Å². The molecule has 0 radical (unpaired) electrons. The number of halogens is 1. The zero-order valence-electron chi connectivity index (χ0n) is 7.25. The Bertz CT molecular complexity index is 318. The van der Waals surface area contributed by atoms with E-state index in [1.807, 2.05) is 0 Å². The van der Waals surface area contributed by atoms with E-state index < -0.39 is 0 Å². The average Bonchev–Trinajstić information content (AvgIpc) is 2.52. The van der Waals surface area contributed by atoms with Crippen LogP contribution < -0.4 is 0 Å². The van der Waals surface area contributed by atoms with Gasteiger partial charge in [0.1, 0.15) is 5.78 Å². The van der Waals surface area contributed by atoms with Crippen LogP contribution in [0, 0.1) is 0 Å². The van der Waals surface area contributed by atoms with E-state index in [1.165, 1.54) is 15.1 Å². The minimum Gasteiger partial charge on any atom is -0.300 e. The van der Waals surface area contributed by atoms with Gasteiger partial charge in [-0.1, -0.05) is 0 Å². The fourth-order valence-electron chi connectivity index (χ4n) is 1.82. The van der Waals surface area contributed by atoms with E-state index in [0.717, 1.165) is 19.3 Å². The van der Waals surface area contributed by atoms with Gasteiger partial charge in [-0.25, -0.2) is 0 Å². The van der Waals surface area contributed by atoms with Gasteiger partial charge in [0.05, 0.1) is 3.79 Å². The second kappa shape index (κ2) is 3.93. The van der Waals surface area contributed by atoms with E-state index in [4.69, 9.17) is 0 Å².